The summed E-state index contributed by atoms with van der Waals surface area (Å²) >= 11 is 1.79. The lowest BCUT2D eigenvalue weighted by Gasteiger charge is -2.02. The highest BCUT2D eigenvalue weighted by atomic mass is 32.2. The van der Waals surface area contributed by atoms with Crippen LogP contribution in [0.2, 0.25) is 0 Å². The maximum Gasteiger partial charge on any atom is 0.209 e. The summed E-state index contributed by atoms with van der Waals surface area (Å²) in [7, 11) is 0. The summed E-state index contributed by atoms with van der Waals surface area (Å²) in [4.78, 5) is 1.22. The van der Waals surface area contributed by atoms with Gasteiger partial charge in [0.15, 0.2) is 0 Å². The smallest absolute Gasteiger partial charge is 0.209 e. The average Bonchev–Trinajstić information content (AvgIpc) is 2.65. The maximum absolute atomic E-state index is 9.12. The second-order valence-corrected chi connectivity index (χ2v) is 5.18. The molecule has 3 nitrogen and oxygen atoms in total. The number of furan rings is 1. The summed E-state index contributed by atoms with van der Waals surface area (Å²) in [6, 6.07) is 10.2. The summed E-state index contributed by atoms with van der Waals surface area (Å²) in [6.07, 6.45) is 0. The van der Waals surface area contributed by atoms with E-state index >= 15 is 0 Å². The topological polar surface area (TPSA) is 62.9 Å². The van der Waals surface area contributed by atoms with Gasteiger partial charge in [-0.1, -0.05) is 19.1 Å². The van der Waals surface area contributed by atoms with Crippen LogP contribution in [0.5, 0.6) is 0 Å². The molecular weight excluding hydrogens is 244 g/mol. The fourth-order valence-corrected chi connectivity index (χ4v) is 2.57. The van der Waals surface area contributed by atoms with Gasteiger partial charge in [0, 0.05) is 10.5 Å². The van der Waals surface area contributed by atoms with Crippen LogP contribution in [0.15, 0.2) is 33.6 Å². The van der Waals surface area contributed by atoms with Gasteiger partial charge in [-0.05, 0) is 30.4 Å². The number of hydrogen-bond donors (Lipinski definition) is 1. The lowest BCUT2D eigenvalue weighted by molar-refractivity contribution is 0.554. The molecule has 18 heavy (non-hydrogen) atoms. The van der Waals surface area contributed by atoms with Gasteiger partial charge >= 0.3 is 0 Å². The van der Waals surface area contributed by atoms with Crippen LogP contribution in [0.4, 0.5) is 5.88 Å². The Morgan fingerprint density at radius 3 is 2.56 bits per heavy atom. The first-order valence-electron chi connectivity index (χ1n) is 5.69. The fraction of sp³-hybridized carbons (Fsp3) is 0.214. The van der Waals surface area contributed by atoms with E-state index in [9.17, 15) is 0 Å². The predicted molar refractivity (Wildman–Crippen MR) is 74.4 cm³/mol. The van der Waals surface area contributed by atoms with Crippen LogP contribution in [0.3, 0.4) is 0 Å². The zero-order valence-corrected chi connectivity index (χ0v) is 11.2. The van der Waals surface area contributed by atoms with E-state index in [1.807, 2.05) is 31.2 Å². The summed E-state index contributed by atoms with van der Waals surface area (Å²) in [6.45, 7) is 3.94. The molecule has 0 unspecified atom stereocenters. The van der Waals surface area contributed by atoms with Crippen molar-refractivity contribution >= 4 is 17.6 Å². The molecule has 0 amide bonds. The van der Waals surface area contributed by atoms with Crippen molar-refractivity contribution in [2.24, 2.45) is 0 Å². The Bertz CT molecular complexity index is 593. The molecule has 0 fully saturated rings. The van der Waals surface area contributed by atoms with E-state index < -0.39 is 0 Å². The standard InChI is InChI=1S/C14H14N2OS/c1-3-18-11-6-4-10(5-7-11)13-9(2)17-14(16)12(13)8-15/h4-7H,3,16H2,1-2H3. The van der Waals surface area contributed by atoms with E-state index in [1.165, 1.54) is 4.90 Å². The number of nitriles is 1. The van der Waals surface area contributed by atoms with Crippen LogP contribution in [0.1, 0.15) is 18.2 Å². The van der Waals surface area contributed by atoms with Gasteiger partial charge in [0.1, 0.15) is 17.4 Å². The summed E-state index contributed by atoms with van der Waals surface area (Å²) in [5.41, 5.74) is 7.85. The number of benzene rings is 1. The number of thioether (sulfide) groups is 1. The molecule has 0 bridgehead atoms. The molecule has 0 aliphatic heterocycles. The average molecular weight is 258 g/mol. The molecule has 1 aromatic heterocycles. The van der Waals surface area contributed by atoms with E-state index in [0.29, 0.717) is 11.3 Å². The van der Waals surface area contributed by atoms with Gasteiger partial charge in [0.2, 0.25) is 5.88 Å². The first-order chi connectivity index (χ1) is 8.67. The summed E-state index contributed by atoms with van der Waals surface area (Å²) in [5.74, 6) is 1.91. The first kappa shape index (κ1) is 12.6. The molecule has 4 heteroatoms. The number of nitrogen functional groups attached to an aromatic ring is 1. The van der Waals surface area contributed by atoms with E-state index in [2.05, 4.69) is 13.0 Å². The molecule has 0 aliphatic rings. The van der Waals surface area contributed by atoms with Crippen LogP contribution in [0, 0.1) is 18.3 Å². The number of hydrogen-bond acceptors (Lipinski definition) is 4. The predicted octanol–water partition coefficient (Wildman–Crippen LogP) is 3.82. The summed E-state index contributed by atoms with van der Waals surface area (Å²) in [5, 5.41) is 9.12. The molecule has 2 aromatic rings. The first-order valence-corrected chi connectivity index (χ1v) is 6.68. The van der Waals surface area contributed by atoms with Crippen LogP contribution >= 0.6 is 11.8 Å². The van der Waals surface area contributed by atoms with Crippen molar-refractivity contribution in [3.63, 3.8) is 0 Å². The highest BCUT2D eigenvalue weighted by molar-refractivity contribution is 7.99. The van der Waals surface area contributed by atoms with Crippen LogP contribution in [-0.4, -0.2) is 5.75 Å². The van der Waals surface area contributed by atoms with Crippen LogP contribution in [-0.2, 0) is 0 Å². The third-order valence-electron chi connectivity index (χ3n) is 2.68. The van der Waals surface area contributed by atoms with Gasteiger partial charge in [0.25, 0.3) is 0 Å². The largest absolute Gasteiger partial charge is 0.444 e. The number of aryl methyl sites for hydroxylation is 1. The Hall–Kier alpha value is -1.86. The zero-order chi connectivity index (χ0) is 13.1. The lowest BCUT2D eigenvalue weighted by atomic mass is 10.0. The monoisotopic (exact) mass is 258 g/mol. The van der Waals surface area contributed by atoms with Crippen molar-refractivity contribution in [1.29, 1.82) is 5.26 Å². The summed E-state index contributed by atoms with van der Waals surface area (Å²) < 4.78 is 5.32. The van der Waals surface area contributed by atoms with E-state index in [-0.39, 0.29) is 5.88 Å². The quantitative estimate of drug-likeness (QED) is 0.850. The number of rotatable bonds is 3. The normalized spacial score (nSPS) is 10.3. The molecular formula is C14H14N2OS. The molecule has 0 saturated heterocycles. The highest BCUT2D eigenvalue weighted by Crippen LogP contribution is 2.34. The molecule has 2 rings (SSSR count). The van der Waals surface area contributed by atoms with Crippen molar-refractivity contribution in [2.75, 3.05) is 11.5 Å². The number of anilines is 1. The molecule has 0 radical (unpaired) electrons. The van der Waals surface area contributed by atoms with E-state index in [0.717, 1.165) is 16.9 Å². The number of nitrogens with two attached hydrogens (primary N) is 1. The highest BCUT2D eigenvalue weighted by Gasteiger charge is 2.16. The Balaban J connectivity index is 2.46. The van der Waals surface area contributed by atoms with Crippen molar-refractivity contribution in [2.45, 2.75) is 18.7 Å². The molecule has 2 N–H and O–H groups in total. The Morgan fingerprint density at radius 2 is 2.00 bits per heavy atom. The van der Waals surface area contributed by atoms with Crippen molar-refractivity contribution in [3.05, 3.63) is 35.6 Å². The molecule has 1 heterocycles. The van der Waals surface area contributed by atoms with E-state index in [1.54, 1.807) is 11.8 Å². The van der Waals surface area contributed by atoms with Gasteiger partial charge in [-0.25, -0.2) is 0 Å². The Kier molecular flexibility index (Phi) is 3.63. The van der Waals surface area contributed by atoms with Gasteiger partial charge < -0.3 is 10.2 Å². The van der Waals surface area contributed by atoms with Crippen LogP contribution in [0.25, 0.3) is 11.1 Å². The van der Waals surface area contributed by atoms with Crippen molar-refractivity contribution < 1.29 is 4.42 Å². The second kappa shape index (κ2) is 5.19. The lowest BCUT2D eigenvalue weighted by Crippen LogP contribution is -1.86. The van der Waals surface area contributed by atoms with Gasteiger partial charge in [-0.3, -0.25) is 0 Å². The molecule has 0 atom stereocenters. The minimum Gasteiger partial charge on any atom is -0.444 e. The second-order valence-electron chi connectivity index (χ2n) is 3.84. The van der Waals surface area contributed by atoms with Gasteiger partial charge in [-0.2, -0.15) is 5.26 Å². The van der Waals surface area contributed by atoms with Crippen molar-refractivity contribution in [3.8, 4) is 17.2 Å². The minimum absolute atomic E-state index is 0.192. The van der Waals surface area contributed by atoms with Crippen molar-refractivity contribution in [1.82, 2.24) is 0 Å². The maximum atomic E-state index is 9.12. The molecule has 0 saturated carbocycles. The molecule has 0 spiro atoms. The Morgan fingerprint density at radius 1 is 1.33 bits per heavy atom. The molecule has 92 valence electrons. The Labute approximate surface area is 111 Å². The molecule has 0 aliphatic carbocycles. The van der Waals surface area contributed by atoms with E-state index in [4.69, 9.17) is 15.4 Å². The minimum atomic E-state index is 0.192. The van der Waals surface area contributed by atoms with Gasteiger partial charge in [0.05, 0.1) is 0 Å². The number of nitrogens with zero attached hydrogens (tertiary/aromatic N) is 1. The third kappa shape index (κ3) is 2.22. The SMILES string of the molecule is CCSc1ccc(-c2c(C)oc(N)c2C#N)cc1. The fourth-order valence-electron chi connectivity index (χ4n) is 1.91. The van der Waals surface area contributed by atoms with Gasteiger partial charge in [-0.15, -0.1) is 11.8 Å². The third-order valence-corrected chi connectivity index (χ3v) is 3.57. The van der Waals surface area contributed by atoms with Crippen LogP contribution < -0.4 is 5.73 Å². The molecule has 1 aromatic carbocycles. The zero-order valence-electron chi connectivity index (χ0n) is 10.4.